The van der Waals surface area contributed by atoms with Gasteiger partial charge in [-0.15, -0.1) is 5.10 Å². The fourth-order valence-electron chi connectivity index (χ4n) is 3.08. The van der Waals surface area contributed by atoms with Crippen molar-refractivity contribution in [1.29, 1.82) is 0 Å². The van der Waals surface area contributed by atoms with Gasteiger partial charge >= 0.3 is 5.97 Å². The minimum absolute atomic E-state index is 0.0328. The predicted molar refractivity (Wildman–Crippen MR) is 101 cm³/mol. The molecule has 0 saturated carbocycles. The summed E-state index contributed by atoms with van der Waals surface area (Å²) in [5.41, 5.74) is 0.827. The molecule has 2 aromatic heterocycles. The maximum Gasteiger partial charge on any atom is 0.325 e. The van der Waals surface area contributed by atoms with Gasteiger partial charge in [0.2, 0.25) is 11.6 Å². The number of benzene rings is 1. The van der Waals surface area contributed by atoms with Gasteiger partial charge in [0.25, 0.3) is 0 Å². The molecule has 0 unspecified atom stereocenters. The first-order chi connectivity index (χ1) is 13.5. The Kier molecular flexibility index (Phi) is 5.07. The fourth-order valence-corrected chi connectivity index (χ4v) is 3.42. The third kappa shape index (κ3) is 3.88. The van der Waals surface area contributed by atoms with Crippen LogP contribution in [-0.4, -0.2) is 55.2 Å². The molecule has 0 atom stereocenters. The van der Waals surface area contributed by atoms with E-state index in [4.69, 9.17) is 9.84 Å². The second-order valence-corrected chi connectivity index (χ2v) is 7.25. The molecule has 1 saturated heterocycles. The molecule has 1 aliphatic heterocycles. The highest BCUT2D eigenvalue weighted by atomic mass is 79.9. The highest BCUT2D eigenvalue weighted by Crippen LogP contribution is 2.29. The number of fused-ring (bicyclic) bond motifs is 1. The van der Waals surface area contributed by atoms with Gasteiger partial charge in [0.15, 0.2) is 0 Å². The van der Waals surface area contributed by atoms with Crippen LogP contribution >= 0.6 is 15.9 Å². The zero-order chi connectivity index (χ0) is 19.7. The van der Waals surface area contributed by atoms with Gasteiger partial charge in [-0.25, -0.2) is 14.1 Å². The van der Waals surface area contributed by atoms with Crippen LogP contribution in [0.3, 0.4) is 0 Å². The molecule has 9 nitrogen and oxygen atoms in total. The van der Waals surface area contributed by atoms with Gasteiger partial charge in [0.1, 0.15) is 29.7 Å². The van der Waals surface area contributed by atoms with Gasteiger partial charge in [-0.2, -0.15) is 4.98 Å². The first-order valence-electron chi connectivity index (χ1n) is 8.64. The Balaban J connectivity index is 1.42. The van der Waals surface area contributed by atoms with Crippen molar-refractivity contribution in [2.24, 2.45) is 0 Å². The van der Waals surface area contributed by atoms with Crippen molar-refractivity contribution in [3.05, 3.63) is 34.7 Å². The van der Waals surface area contributed by atoms with E-state index in [1.54, 1.807) is 6.07 Å². The van der Waals surface area contributed by atoms with E-state index < -0.39 is 5.97 Å². The van der Waals surface area contributed by atoms with Crippen LogP contribution in [0.1, 0.15) is 12.8 Å². The van der Waals surface area contributed by atoms with Crippen LogP contribution in [0, 0.1) is 5.82 Å². The first-order valence-corrected chi connectivity index (χ1v) is 9.43. The summed E-state index contributed by atoms with van der Waals surface area (Å²) in [4.78, 5) is 21.6. The summed E-state index contributed by atoms with van der Waals surface area (Å²) in [5.74, 6) is -0.345. The molecule has 0 spiro atoms. The molecule has 3 heterocycles. The Morgan fingerprint density at radius 1 is 1.36 bits per heavy atom. The maximum atomic E-state index is 13.4. The normalized spacial score (nSPS) is 15.1. The van der Waals surface area contributed by atoms with E-state index in [1.165, 1.54) is 23.0 Å². The number of nitrogens with zero attached hydrogens (tertiary/aromatic N) is 6. The lowest BCUT2D eigenvalue weighted by Gasteiger charge is -2.32. The highest BCUT2D eigenvalue weighted by Gasteiger charge is 2.24. The summed E-state index contributed by atoms with van der Waals surface area (Å²) in [6, 6.07) is 4.37. The van der Waals surface area contributed by atoms with Gasteiger partial charge in [-0.05, 0) is 28.1 Å². The topological polar surface area (TPSA) is 106 Å². The molecule has 146 valence electrons. The Bertz CT molecular complexity index is 1020. The number of anilines is 1. The number of piperidine rings is 1. The van der Waals surface area contributed by atoms with Gasteiger partial charge in [-0.3, -0.25) is 4.79 Å². The van der Waals surface area contributed by atoms with Crippen LogP contribution < -0.4 is 9.64 Å². The fraction of sp³-hybridized carbons (Fsp3) is 0.353. The number of ether oxygens (including phenoxy) is 1. The third-order valence-corrected chi connectivity index (χ3v) is 5.11. The van der Waals surface area contributed by atoms with Crippen molar-refractivity contribution in [3.8, 4) is 5.75 Å². The summed E-state index contributed by atoms with van der Waals surface area (Å²) in [5, 5.41) is 16.6. The van der Waals surface area contributed by atoms with E-state index >= 15 is 0 Å². The molecule has 1 fully saturated rings. The molecular weight excluding hydrogens is 435 g/mol. The quantitative estimate of drug-likeness (QED) is 0.630. The van der Waals surface area contributed by atoms with Crippen molar-refractivity contribution in [3.63, 3.8) is 0 Å². The number of carboxylic acids is 1. The van der Waals surface area contributed by atoms with E-state index in [0.717, 1.165) is 17.3 Å². The number of rotatable bonds is 5. The molecule has 0 radical (unpaired) electrons. The maximum absolute atomic E-state index is 13.4. The average Bonchev–Trinajstić information content (AvgIpc) is 3.07. The van der Waals surface area contributed by atoms with E-state index in [-0.39, 0.29) is 18.5 Å². The number of hydrogen-bond acceptors (Lipinski definition) is 7. The molecule has 1 N–H and O–H groups in total. The van der Waals surface area contributed by atoms with Crippen LogP contribution in [0.5, 0.6) is 5.75 Å². The molecule has 3 aromatic rings. The second-order valence-electron chi connectivity index (χ2n) is 6.40. The summed E-state index contributed by atoms with van der Waals surface area (Å²) < 4.78 is 21.3. The average molecular weight is 451 g/mol. The van der Waals surface area contributed by atoms with Crippen molar-refractivity contribution in [2.45, 2.75) is 25.5 Å². The molecule has 1 aliphatic rings. The van der Waals surface area contributed by atoms with Crippen molar-refractivity contribution < 1.29 is 19.0 Å². The number of carboxylic acid groups (broad SMARTS) is 1. The van der Waals surface area contributed by atoms with Crippen molar-refractivity contribution in [2.75, 3.05) is 18.0 Å². The summed E-state index contributed by atoms with van der Waals surface area (Å²) in [6.07, 6.45) is 2.97. The standard InChI is InChI=1S/C17H16BrFN6O3/c18-12-2-1-10(19)7-14(12)28-11-3-5-24(6-4-11)17-20-8-13-16(21-17)22-23-25(13)9-15(26)27/h1-2,7-8,11H,3-6,9H2,(H,26,27). The lowest BCUT2D eigenvalue weighted by molar-refractivity contribution is -0.137. The Morgan fingerprint density at radius 3 is 2.89 bits per heavy atom. The minimum Gasteiger partial charge on any atom is -0.489 e. The highest BCUT2D eigenvalue weighted by molar-refractivity contribution is 9.10. The van der Waals surface area contributed by atoms with Crippen LogP contribution in [0.15, 0.2) is 28.9 Å². The Labute approximate surface area is 167 Å². The van der Waals surface area contributed by atoms with Gasteiger partial charge in [0, 0.05) is 32.0 Å². The number of halogens is 2. The van der Waals surface area contributed by atoms with Crippen LogP contribution in [0.2, 0.25) is 0 Å². The van der Waals surface area contributed by atoms with Gasteiger partial charge in [0.05, 0.1) is 10.7 Å². The number of hydrogen-bond donors (Lipinski definition) is 1. The second kappa shape index (κ2) is 7.66. The van der Waals surface area contributed by atoms with E-state index in [1.807, 2.05) is 4.90 Å². The molecule has 4 rings (SSSR count). The van der Waals surface area contributed by atoms with Gasteiger partial charge in [-0.1, -0.05) is 5.21 Å². The van der Waals surface area contributed by atoms with E-state index in [0.29, 0.717) is 36.0 Å². The van der Waals surface area contributed by atoms with Crippen LogP contribution in [0.4, 0.5) is 10.3 Å². The summed E-state index contributed by atoms with van der Waals surface area (Å²) in [6.45, 7) is 1.05. The molecule has 11 heteroatoms. The molecular formula is C17H16BrFN6O3. The van der Waals surface area contributed by atoms with Crippen molar-refractivity contribution >= 4 is 39.0 Å². The van der Waals surface area contributed by atoms with E-state index in [2.05, 4.69) is 36.2 Å². The Hall–Kier alpha value is -2.82. The Morgan fingerprint density at radius 2 is 2.14 bits per heavy atom. The van der Waals surface area contributed by atoms with E-state index in [9.17, 15) is 9.18 Å². The predicted octanol–water partition coefficient (Wildman–Crippen LogP) is 2.26. The molecule has 0 aliphatic carbocycles. The first kappa shape index (κ1) is 18.5. The van der Waals surface area contributed by atoms with Gasteiger partial charge < -0.3 is 14.7 Å². The van der Waals surface area contributed by atoms with Crippen molar-refractivity contribution in [1.82, 2.24) is 25.0 Å². The minimum atomic E-state index is -1.01. The summed E-state index contributed by atoms with van der Waals surface area (Å²) >= 11 is 3.37. The number of aromatic nitrogens is 5. The lowest BCUT2D eigenvalue weighted by Crippen LogP contribution is -2.39. The summed E-state index contributed by atoms with van der Waals surface area (Å²) in [7, 11) is 0. The molecule has 28 heavy (non-hydrogen) atoms. The zero-order valence-corrected chi connectivity index (χ0v) is 16.2. The molecule has 0 amide bonds. The van der Waals surface area contributed by atoms with Crippen LogP contribution in [-0.2, 0) is 11.3 Å². The van der Waals surface area contributed by atoms with Crippen LogP contribution in [0.25, 0.3) is 11.2 Å². The molecule has 0 bridgehead atoms. The lowest BCUT2D eigenvalue weighted by atomic mass is 10.1. The number of carbonyl (C=O) groups is 1. The third-order valence-electron chi connectivity index (χ3n) is 4.46. The number of aliphatic carboxylic acids is 1. The zero-order valence-electron chi connectivity index (χ0n) is 14.6. The monoisotopic (exact) mass is 450 g/mol. The molecule has 1 aromatic carbocycles. The largest absolute Gasteiger partial charge is 0.489 e. The smallest absolute Gasteiger partial charge is 0.325 e. The SMILES string of the molecule is O=C(O)Cn1nnc2nc(N3CCC(Oc4cc(F)ccc4Br)CC3)ncc21.